The zero-order valence-corrected chi connectivity index (χ0v) is 71.5. The molecule has 0 bridgehead atoms. The fourth-order valence-electron chi connectivity index (χ4n) is 17.4. The third-order valence-electron chi connectivity index (χ3n) is 24.6. The van der Waals surface area contributed by atoms with Crippen LogP contribution in [-0.4, -0.2) is 151 Å². The standard InChI is InChI=1S/C28H29N3O3.C28H31N3O2.C28H31N3O.C23H22N2O/c32-27(29-26-11-9-24(10-12-26)28(33)31-15-17-34-18-16-31)23-7-5-21(6-8-23)19-30-14-13-22-3-1-2-4-25(22)20-30;32-28(29-27-11-7-23(8-12-27)19-30-15-17-33-18-16-30)25-9-5-22(6-10-25)20-31-14-13-24-3-1-2-4-26(24)21-31;32-28(29-26-12-14-27(15-13-26)31-17-4-1-5-18-31)24-10-8-22(9-11-24)20-30-19-16-23-6-2-3-7-25(23)21-30;26-23(24-22-8-2-1-3-9-22)20-12-10-18(11-13-20)16-25-15-14-19-6-4-5-7-21(19)17-25/h1-12H,13-20H2,(H,29,32);1-12H,13-21H2,(H,29,32);2-3,6-15H,1,4-5,16-21H2,(H,29,32);1-13H,14-17H2,(H,24,26). The molecule has 19 rings (SSSR count). The highest BCUT2D eigenvalue weighted by Gasteiger charge is 2.24. The van der Waals surface area contributed by atoms with Crippen LogP contribution < -0.4 is 26.2 Å². The van der Waals surface area contributed by atoms with Crippen LogP contribution in [0.25, 0.3) is 0 Å². The molecule has 0 spiro atoms. The maximum atomic E-state index is 12.7. The molecule has 0 aliphatic carbocycles. The van der Waals surface area contributed by atoms with Crippen molar-refractivity contribution in [3.63, 3.8) is 0 Å². The molecule has 7 heterocycles. The van der Waals surface area contributed by atoms with Gasteiger partial charge in [-0.1, -0.05) is 176 Å². The van der Waals surface area contributed by atoms with Gasteiger partial charge in [-0.3, -0.25) is 48.5 Å². The molecule has 0 atom stereocenters. The second kappa shape index (κ2) is 43.2. The van der Waals surface area contributed by atoms with Gasteiger partial charge in [0.05, 0.1) is 26.4 Å². The van der Waals surface area contributed by atoms with Crippen molar-refractivity contribution in [1.29, 1.82) is 0 Å². The Bertz CT molecular complexity index is 5540. The van der Waals surface area contributed by atoms with Gasteiger partial charge in [-0.05, 0) is 239 Å². The van der Waals surface area contributed by atoms with Crippen molar-refractivity contribution in [3.05, 3.63) is 397 Å². The highest BCUT2D eigenvalue weighted by molar-refractivity contribution is 6.06. The maximum absolute atomic E-state index is 12.7. The predicted molar refractivity (Wildman–Crippen MR) is 499 cm³/mol. The third-order valence-corrected chi connectivity index (χ3v) is 24.6. The monoisotopic (exact) mass is 1660 g/mol. The average Bonchev–Trinajstić information content (AvgIpc) is 0.840. The van der Waals surface area contributed by atoms with Crippen LogP contribution in [0.5, 0.6) is 0 Å². The first kappa shape index (κ1) is 86.0. The SMILES string of the molecule is O=C(Nc1ccc(C(=O)N2CCOCC2)cc1)c1ccc(CN2CCc3ccccc3C2)cc1.O=C(Nc1ccc(CN2CCOCC2)cc1)c1ccc(CN2CCc3ccccc3C2)cc1.O=C(Nc1ccc(N2CCCCC2)cc1)c1ccc(CN2CCc3ccccc3C2)cc1.O=C(Nc1ccccc1)c1ccc(CN2CCc3ccccc3C2)cc1. The van der Waals surface area contributed by atoms with Crippen LogP contribution >= 0.6 is 0 Å². The summed E-state index contributed by atoms with van der Waals surface area (Å²) in [6.07, 6.45) is 8.24. The van der Waals surface area contributed by atoms with E-state index in [4.69, 9.17) is 9.47 Å². The van der Waals surface area contributed by atoms with Gasteiger partial charge in [-0.2, -0.15) is 0 Å². The van der Waals surface area contributed by atoms with Gasteiger partial charge in [0.1, 0.15) is 0 Å². The van der Waals surface area contributed by atoms with E-state index in [-0.39, 0.29) is 29.5 Å². The molecule has 4 N–H and O–H groups in total. The van der Waals surface area contributed by atoms with Gasteiger partial charge in [0, 0.05) is 181 Å². The number of amides is 5. The molecule has 7 aliphatic rings. The van der Waals surface area contributed by atoms with Crippen LogP contribution in [0.4, 0.5) is 28.4 Å². The summed E-state index contributed by atoms with van der Waals surface area (Å²) < 4.78 is 10.7. The number of fused-ring (bicyclic) bond motifs is 4. The Hall–Kier alpha value is -12.5. The van der Waals surface area contributed by atoms with Gasteiger partial charge in [0.2, 0.25) is 0 Å². The summed E-state index contributed by atoms with van der Waals surface area (Å²) in [6, 6.07) is 99.5. The summed E-state index contributed by atoms with van der Waals surface area (Å²) in [7, 11) is 0. The van der Waals surface area contributed by atoms with E-state index in [1.54, 1.807) is 29.2 Å². The van der Waals surface area contributed by atoms with E-state index in [0.29, 0.717) is 59.8 Å². The number of carbonyl (C=O) groups is 5. The van der Waals surface area contributed by atoms with Crippen LogP contribution in [0.1, 0.15) is 143 Å². The van der Waals surface area contributed by atoms with E-state index in [2.05, 4.69) is 208 Å². The second-order valence-corrected chi connectivity index (χ2v) is 33.5. The molecule has 3 saturated heterocycles. The Balaban J connectivity index is 0.000000124. The van der Waals surface area contributed by atoms with Gasteiger partial charge < -0.3 is 40.5 Å². The molecule has 3 fully saturated rings. The minimum absolute atomic E-state index is 0.00559. The maximum Gasteiger partial charge on any atom is 0.255 e. The first-order valence-corrected chi connectivity index (χ1v) is 44.4. The Morgan fingerprint density at radius 3 is 0.840 bits per heavy atom. The molecular weight excluding hydrogens is 1550 g/mol. The molecular formula is C107H113N11O7. The number of hydrogen-bond donors (Lipinski definition) is 4. The molecule has 0 aromatic heterocycles. The summed E-state index contributed by atoms with van der Waals surface area (Å²) in [5, 5.41) is 11.9. The van der Waals surface area contributed by atoms with E-state index in [1.807, 2.05) is 115 Å². The number of nitrogens with zero attached hydrogens (tertiary/aromatic N) is 7. The van der Waals surface area contributed by atoms with E-state index in [9.17, 15) is 24.0 Å². The van der Waals surface area contributed by atoms with Gasteiger partial charge in [0.15, 0.2) is 0 Å². The third kappa shape index (κ3) is 24.5. The summed E-state index contributed by atoms with van der Waals surface area (Å²) >= 11 is 0. The topological polar surface area (TPSA) is 175 Å². The Morgan fingerprint density at radius 2 is 0.504 bits per heavy atom. The van der Waals surface area contributed by atoms with Crippen molar-refractivity contribution in [2.45, 2.75) is 104 Å². The van der Waals surface area contributed by atoms with Gasteiger partial charge in [0.25, 0.3) is 29.5 Å². The van der Waals surface area contributed by atoms with Crippen LogP contribution in [0.15, 0.2) is 297 Å². The lowest BCUT2D eigenvalue weighted by Crippen LogP contribution is -2.40. The number of benzene rings is 12. The number of piperidine rings is 1. The minimum atomic E-state index is -0.161. The quantitative estimate of drug-likeness (QED) is 0.0568. The Morgan fingerprint density at radius 1 is 0.240 bits per heavy atom. The zero-order valence-electron chi connectivity index (χ0n) is 71.5. The van der Waals surface area contributed by atoms with Crippen molar-refractivity contribution < 1.29 is 33.4 Å². The largest absolute Gasteiger partial charge is 0.379 e. The molecule has 125 heavy (non-hydrogen) atoms. The number of anilines is 5. The number of nitrogens with one attached hydrogen (secondary N) is 4. The van der Waals surface area contributed by atoms with Crippen molar-refractivity contribution in [3.8, 4) is 0 Å². The first-order chi connectivity index (χ1) is 61.4. The zero-order chi connectivity index (χ0) is 85.3. The number of hydrogen-bond acceptors (Lipinski definition) is 13. The highest BCUT2D eigenvalue weighted by Crippen LogP contribution is 2.29. The highest BCUT2D eigenvalue weighted by atomic mass is 16.5. The molecule has 7 aliphatic heterocycles. The number of morpholine rings is 2. The van der Waals surface area contributed by atoms with E-state index in [1.165, 1.54) is 97.3 Å². The molecule has 5 amide bonds. The number of ether oxygens (including phenoxy) is 2. The molecule has 12 aromatic carbocycles. The van der Waals surface area contributed by atoms with Crippen molar-refractivity contribution in [1.82, 2.24) is 29.4 Å². The minimum Gasteiger partial charge on any atom is -0.379 e. The molecule has 18 heteroatoms. The summed E-state index contributed by atoms with van der Waals surface area (Å²) in [5.74, 6) is -0.377. The summed E-state index contributed by atoms with van der Waals surface area (Å²) in [6.45, 7) is 20.9. The van der Waals surface area contributed by atoms with Gasteiger partial charge in [-0.25, -0.2) is 0 Å². The van der Waals surface area contributed by atoms with E-state index in [0.717, 1.165) is 167 Å². The van der Waals surface area contributed by atoms with E-state index >= 15 is 0 Å². The molecule has 638 valence electrons. The summed E-state index contributed by atoms with van der Waals surface area (Å²) in [4.78, 5) is 79.5. The van der Waals surface area contributed by atoms with E-state index < -0.39 is 0 Å². The molecule has 0 unspecified atom stereocenters. The Labute approximate surface area is 735 Å². The molecule has 12 aromatic rings. The molecule has 0 radical (unpaired) electrons. The summed E-state index contributed by atoms with van der Waals surface area (Å²) in [5.41, 5.74) is 25.4. The van der Waals surface area contributed by atoms with Crippen molar-refractivity contribution in [2.24, 2.45) is 0 Å². The number of para-hydroxylation sites is 1. The van der Waals surface area contributed by atoms with Crippen LogP contribution in [-0.2, 0) is 94.1 Å². The smallest absolute Gasteiger partial charge is 0.255 e. The lowest BCUT2D eigenvalue weighted by molar-refractivity contribution is 0.0303. The average molecular weight is 1670 g/mol. The number of carbonyl (C=O) groups excluding carboxylic acids is 5. The van der Waals surface area contributed by atoms with Crippen LogP contribution in [0.2, 0.25) is 0 Å². The second-order valence-electron chi connectivity index (χ2n) is 33.5. The predicted octanol–water partition coefficient (Wildman–Crippen LogP) is 18.3. The molecule has 18 nitrogen and oxygen atoms in total. The fraction of sp³-hybridized carbons (Fsp3) is 0.280. The van der Waals surface area contributed by atoms with Crippen LogP contribution in [0, 0.1) is 0 Å². The first-order valence-electron chi connectivity index (χ1n) is 44.4. The molecule has 0 saturated carbocycles. The normalized spacial score (nSPS) is 15.9. The lowest BCUT2D eigenvalue weighted by Gasteiger charge is -2.29. The van der Waals surface area contributed by atoms with Gasteiger partial charge >= 0.3 is 0 Å². The van der Waals surface area contributed by atoms with Gasteiger partial charge in [-0.15, -0.1) is 0 Å². The lowest BCUT2D eigenvalue weighted by atomic mass is 9.99. The van der Waals surface area contributed by atoms with Crippen LogP contribution in [0.3, 0.4) is 0 Å². The van der Waals surface area contributed by atoms with Crippen molar-refractivity contribution >= 4 is 58.0 Å². The van der Waals surface area contributed by atoms with Crippen molar-refractivity contribution in [2.75, 3.05) is 118 Å². The fourth-order valence-corrected chi connectivity index (χ4v) is 17.4. The Kier molecular flexibility index (Phi) is 29.8. The number of rotatable bonds is 20.